The van der Waals surface area contributed by atoms with Crippen molar-refractivity contribution in [2.24, 2.45) is 28.1 Å². The van der Waals surface area contributed by atoms with Gasteiger partial charge in [-0.1, -0.05) is 34.1 Å². The van der Waals surface area contributed by atoms with Crippen molar-refractivity contribution in [1.82, 2.24) is 0 Å². The summed E-state index contributed by atoms with van der Waals surface area (Å²) in [5, 5.41) is 0. The predicted molar refractivity (Wildman–Crippen MR) is 55.4 cm³/mol. The third-order valence-corrected chi connectivity index (χ3v) is 6.54. The molecule has 3 aliphatic carbocycles. The minimum atomic E-state index is 0.675. The molecule has 13 heavy (non-hydrogen) atoms. The summed E-state index contributed by atoms with van der Waals surface area (Å²) in [7, 11) is 0. The van der Waals surface area contributed by atoms with Crippen LogP contribution in [0.15, 0.2) is 0 Å². The highest BCUT2D eigenvalue weighted by molar-refractivity contribution is 5.37. The Labute approximate surface area is 82.1 Å². The average Bonchev–Trinajstić information content (AvgIpc) is 2.88. The first-order chi connectivity index (χ1) is 6.01. The van der Waals surface area contributed by atoms with Crippen molar-refractivity contribution < 1.29 is 0 Å². The first-order valence-corrected chi connectivity index (χ1v) is 6.01. The standard InChI is InChI=1S/C13H22/c1-5-9-6-7-12(4)11(2,3)13(12)8-10(9)13/h9-10H,5-8H2,1-4H3. The van der Waals surface area contributed by atoms with Gasteiger partial charge in [-0.25, -0.2) is 0 Å². The van der Waals surface area contributed by atoms with Gasteiger partial charge in [0.05, 0.1) is 0 Å². The van der Waals surface area contributed by atoms with E-state index in [4.69, 9.17) is 0 Å². The Morgan fingerprint density at radius 2 is 1.92 bits per heavy atom. The van der Waals surface area contributed by atoms with Crippen LogP contribution in [0.25, 0.3) is 0 Å². The molecule has 0 saturated heterocycles. The second-order valence-corrected chi connectivity index (χ2v) is 6.45. The van der Waals surface area contributed by atoms with E-state index in [1.165, 1.54) is 19.3 Å². The third-order valence-electron chi connectivity index (χ3n) is 6.54. The van der Waals surface area contributed by atoms with E-state index in [1.54, 1.807) is 6.42 Å². The van der Waals surface area contributed by atoms with Crippen LogP contribution in [0, 0.1) is 28.1 Å². The first-order valence-electron chi connectivity index (χ1n) is 6.01. The lowest BCUT2D eigenvalue weighted by Crippen LogP contribution is -2.15. The summed E-state index contributed by atoms with van der Waals surface area (Å²) in [5.41, 5.74) is 2.23. The Bertz CT molecular complexity index is 265. The van der Waals surface area contributed by atoms with E-state index in [0.717, 1.165) is 22.7 Å². The van der Waals surface area contributed by atoms with Crippen molar-refractivity contribution in [3.63, 3.8) is 0 Å². The van der Waals surface area contributed by atoms with Crippen LogP contribution in [0.3, 0.4) is 0 Å². The number of rotatable bonds is 1. The summed E-state index contributed by atoms with van der Waals surface area (Å²) in [6, 6.07) is 0. The topological polar surface area (TPSA) is 0 Å². The zero-order chi connectivity index (χ0) is 9.48. The van der Waals surface area contributed by atoms with E-state index in [0.29, 0.717) is 5.41 Å². The second-order valence-electron chi connectivity index (χ2n) is 6.45. The van der Waals surface area contributed by atoms with Crippen molar-refractivity contribution >= 4 is 0 Å². The summed E-state index contributed by atoms with van der Waals surface area (Å²) in [6.07, 6.45) is 6.02. The van der Waals surface area contributed by atoms with E-state index in [9.17, 15) is 0 Å². The summed E-state index contributed by atoms with van der Waals surface area (Å²) < 4.78 is 0. The highest BCUT2D eigenvalue weighted by atomic mass is 14.9. The molecule has 3 rings (SSSR count). The van der Waals surface area contributed by atoms with Gasteiger partial charge in [0, 0.05) is 0 Å². The highest BCUT2D eigenvalue weighted by Gasteiger charge is 2.90. The van der Waals surface area contributed by atoms with Gasteiger partial charge in [0.2, 0.25) is 0 Å². The molecule has 0 aromatic rings. The summed E-state index contributed by atoms with van der Waals surface area (Å²) in [4.78, 5) is 0. The Hall–Kier alpha value is 0. The molecule has 3 saturated carbocycles. The molecular weight excluding hydrogens is 156 g/mol. The smallest absolute Gasteiger partial charge is 0.0148 e. The molecule has 0 radical (unpaired) electrons. The van der Waals surface area contributed by atoms with Crippen LogP contribution in [0.4, 0.5) is 0 Å². The number of hydrogen-bond acceptors (Lipinski definition) is 0. The van der Waals surface area contributed by atoms with Gasteiger partial charge in [-0.3, -0.25) is 0 Å². The van der Waals surface area contributed by atoms with Crippen LogP contribution in [-0.4, -0.2) is 0 Å². The predicted octanol–water partition coefficient (Wildman–Crippen LogP) is 3.86. The van der Waals surface area contributed by atoms with E-state index < -0.39 is 0 Å². The van der Waals surface area contributed by atoms with Gasteiger partial charge < -0.3 is 0 Å². The maximum atomic E-state index is 2.55. The molecule has 0 heteroatoms. The minimum Gasteiger partial charge on any atom is -0.0651 e. The van der Waals surface area contributed by atoms with Gasteiger partial charge in [-0.05, 0) is 47.3 Å². The quantitative estimate of drug-likeness (QED) is 0.572. The van der Waals surface area contributed by atoms with Crippen LogP contribution in [0.5, 0.6) is 0 Å². The molecule has 0 bridgehead atoms. The van der Waals surface area contributed by atoms with Crippen molar-refractivity contribution in [1.29, 1.82) is 0 Å². The lowest BCUT2D eigenvalue weighted by molar-refractivity contribution is 0.260. The molecule has 74 valence electrons. The third kappa shape index (κ3) is 0.567. The lowest BCUT2D eigenvalue weighted by atomic mass is 9.81. The SMILES string of the molecule is CCC1CCC2(C)C(C)(C)C23CC13. The normalized spacial score (nSPS) is 60.9. The first kappa shape index (κ1) is 8.32. The van der Waals surface area contributed by atoms with Gasteiger partial charge in [-0.2, -0.15) is 0 Å². The maximum Gasteiger partial charge on any atom is -0.0148 e. The van der Waals surface area contributed by atoms with Gasteiger partial charge in [0.25, 0.3) is 0 Å². The molecule has 0 amide bonds. The minimum absolute atomic E-state index is 0.675. The molecule has 3 fully saturated rings. The molecule has 0 N–H and O–H groups in total. The van der Waals surface area contributed by atoms with E-state index in [-0.39, 0.29) is 0 Å². The molecule has 0 aromatic carbocycles. The Balaban J connectivity index is 1.94. The zero-order valence-corrected chi connectivity index (χ0v) is 9.48. The Kier molecular flexibility index (Phi) is 1.19. The molecule has 4 unspecified atom stereocenters. The van der Waals surface area contributed by atoms with Gasteiger partial charge in [0.1, 0.15) is 0 Å². The van der Waals surface area contributed by atoms with Crippen molar-refractivity contribution in [2.75, 3.05) is 0 Å². The molecule has 0 aromatic heterocycles. The molecule has 4 atom stereocenters. The molecule has 3 aliphatic rings. The summed E-state index contributed by atoms with van der Waals surface area (Å²) >= 11 is 0. The van der Waals surface area contributed by atoms with Crippen molar-refractivity contribution in [3.05, 3.63) is 0 Å². The second kappa shape index (κ2) is 1.85. The van der Waals surface area contributed by atoms with E-state index in [2.05, 4.69) is 27.7 Å². The maximum absolute atomic E-state index is 2.55. The monoisotopic (exact) mass is 178 g/mol. The molecule has 0 aliphatic heterocycles. The van der Waals surface area contributed by atoms with Gasteiger partial charge in [-0.15, -0.1) is 0 Å². The molecular formula is C13H22. The summed E-state index contributed by atoms with van der Waals surface area (Å²) in [6.45, 7) is 9.98. The van der Waals surface area contributed by atoms with Crippen molar-refractivity contribution in [3.8, 4) is 0 Å². The van der Waals surface area contributed by atoms with E-state index >= 15 is 0 Å². The zero-order valence-electron chi connectivity index (χ0n) is 9.48. The van der Waals surface area contributed by atoms with Crippen LogP contribution in [-0.2, 0) is 0 Å². The fourth-order valence-corrected chi connectivity index (χ4v) is 5.24. The number of hydrogen-bond donors (Lipinski definition) is 0. The highest BCUT2D eigenvalue weighted by Crippen LogP contribution is 2.96. The molecule has 1 spiro atoms. The van der Waals surface area contributed by atoms with Crippen LogP contribution >= 0.6 is 0 Å². The fourth-order valence-electron chi connectivity index (χ4n) is 5.24. The largest absolute Gasteiger partial charge is 0.0651 e. The van der Waals surface area contributed by atoms with Crippen LogP contribution in [0.2, 0.25) is 0 Å². The van der Waals surface area contributed by atoms with Crippen LogP contribution in [0.1, 0.15) is 53.4 Å². The molecule has 0 heterocycles. The Morgan fingerprint density at radius 3 is 2.54 bits per heavy atom. The lowest BCUT2D eigenvalue weighted by Gasteiger charge is -2.24. The van der Waals surface area contributed by atoms with Crippen molar-refractivity contribution in [2.45, 2.75) is 53.4 Å². The molecule has 0 nitrogen and oxygen atoms in total. The van der Waals surface area contributed by atoms with E-state index in [1.807, 2.05) is 0 Å². The van der Waals surface area contributed by atoms with Crippen LogP contribution < -0.4 is 0 Å². The summed E-state index contributed by atoms with van der Waals surface area (Å²) in [5.74, 6) is 2.20. The fraction of sp³-hybridized carbons (Fsp3) is 1.00. The van der Waals surface area contributed by atoms with Gasteiger partial charge >= 0.3 is 0 Å². The Morgan fingerprint density at radius 1 is 1.23 bits per heavy atom. The average molecular weight is 178 g/mol. The van der Waals surface area contributed by atoms with Gasteiger partial charge in [0.15, 0.2) is 0 Å².